The molecule has 0 saturated heterocycles. The molecule has 0 atom stereocenters. The molecule has 6 aromatic carbocycles. The van der Waals surface area contributed by atoms with Gasteiger partial charge < -0.3 is 0 Å². The number of fused-ring (bicyclic) bond motifs is 3. The lowest BCUT2D eigenvalue weighted by atomic mass is 9.86. The molecule has 0 aliphatic heterocycles. The van der Waals surface area contributed by atoms with E-state index >= 15 is 0 Å². The maximum atomic E-state index is 4.80. The Hall–Kier alpha value is -5.61. The lowest BCUT2D eigenvalue weighted by Crippen LogP contribution is -1.98. The second-order valence-corrected chi connectivity index (χ2v) is 10.2. The molecule has 0 bridgehead atoms. The second kappa shape index (κ2) is 9.54. The van der Waals surface area contributed by atoms with E-state index in [9.17, 15) is 0 Å². The largest absolute Gasteiger partial charge is 0.264 e. The van der Waals surface area contributed by atoms with E-state index in [4.69, 9.17) is 10.2 Å². The van der Waals surface area contributed by atoms with E-state index in [2.05, 4.69) is 126 Å². The highest BCUT2D eigenvalue weighted by atomic mass is 15.5. The zero-order valence-electron chi connectivity index (χ0n) is 22.1. The van der Waals surface area contributed by atoms with Crippen LogP contribution in [-0.2, 0) is 0 Å². The molecule has 0 spiro atoms. The average Bonchev–Trinajstić information content (AvgIpc) is 3.48. The Labute approximate surface area is 237 Å². The molecule has 41 heavy (non-hydrogen) atoms. The monoisotopic (exact) mass is 524 g/mol. The van der Waals surface area contributed by atoms with Crippen LogP contribution in [0.4, 0.5) is 0 Å². The van der Waals surface area contributed by atoms with Crippen molar-refractivity contribution in [3.8, 4) is 39.1 Å². The van der Waals surface area contributed by atoms with Crippen LogP contribution in [0, 0.1) is 0 Å². The highest BCUT2D eigenvalue weighted by Crippen LogP contribution is 2.43. The maximum Gasteiger partial charge on any atom is 0.114 e. The number of aromatic nitrogens is 4. The highest BCUT2D eigenvalue weighted by Gasteiger charge is 2.16. The first-order valence-electron chi connectivity index (χ1n) is 13.7. The van der Waals surface area contributed by atoms with Gasteiger partial charge in [0.2, 0.25) is 0 Å². The smallest absolute Gasteiger partial charge is 0.114 e. The minimum Gasteiger partial charge on any atom is -0.264 e. The van der Waals surface area contributed by atoms with Gasteiger partial charge in [0.05, 0.1) is 5.69 Å². The van der Waals surface area contributed by atoms with E-state index < -0.39 is 0 Å². The van der Waals surface area contributed by atoms with E-state index in [1.54, 1.807) is 11.0 Å². The fraction of sp³-hybridized carbons (Fsp3) is 0. The summed E-state index contributed by atoms with van der Waals surface area (Å²) in [6.45, 7) is 0. The van der Waals surface area contributed by atoms with Gasteiger partial charge in [0.25, 0.3) is 0 Å². The van der Waals surface area contributed by atoms with Crippen LogP contribution in [0.3, 0.4) is 0 Å². The molecular formula is C37H24N4. The van der Waals surface area contributed by atoms with E-state index in [-0.39, 0.29) is 0 Å². The predicted octanol–water partition coefficient (Wildman–Crippen LogP) is 9.12. The number of hydrogen-bond acceptors (Lipinski definition) is 3. The minimum absolute atomic E-state index is 0.851. The fourth-order valence-corrected chi connectivity index (χ4v) is 5.86. The van der Waals surface area contributed by atoms with Crippen LogP contribution in [0.2, 0.25) is 0 Å². The van der Waals surface area contributed by atoms with E-state index in [0.717, 1.165) is 33.4 Å². The Morgan fingerprint density at radius 1 is 0.415 bits per heavy atom. The predicted molar refractivity (Wildman–Crippen MR) is 168 cm³/mol. The third-order valence-electron chi connectivity index (χ3n) is 7.76. The summed E-state index contributed by atoms with van der Waals surface area (Å²) in [4.78, 5) is 5.96. The van der Waals surface area contributed by atoms with Gasteiger partial charge in [-0.3, -0.25) is 4.98 Å². The molecule has 0 aliphatic rings. The molecule has 8 rings (SSSR count). The lowest BCUT2D eigenvalue weighted by molar-refractivity contribution is 0.766. The fourth-order valence-electron chi connectivity index (χ4n) is 5.86. The Morgan fingerprint density at radius 2 is 0.951 bits per heavy atom. The number of rotatable bonds is 4. The van der Waals surface area contributed by atoms with Gasteiger partial charge in [-0.1, -0.05) is 103 Å². The third kappa shape index (κ3) is 3.97. The highest BCUT2D eigenvalue weighted by molar-refractivity contribution is 6.21. The maximum absolute atomic E-state index is 4.80. The SMILES string of the molecule is c1ccc(-c2c3ccccc3c(-c3ccc(-n4nc5ccc(-c6cccnc6)cc5n4)cc3)c3ccccc23)cc1. The van der Waals surface area contributed by atoms with Gasteiger partial charge in [0, 0.05) is 18.0 Å². The van der Waals surface area contributed by atoms with Crippen molar-refractivity contribution in [2.45, 2.75) is 0 Å². The van der Waals surface area contributed by atoms with Crippen LogP contribution >= 0.6 is 0 Å². The van der Waals surface area contributed by atoms with Gasteiger partial charge >= 0.3 is 0 Å². The number of benzene rings is 6. The first-order chi connectivity index (χ1) is 20.3. The van der Waals surface area contributed by atoms with Crippen LogP contribution in [0.1, 0.15) is 0 Å². The van der Waals surface area contributed by atoms with Gasteiger partial charge in [-0.05, 0) is 79.7 Å². The molecule has 0 N–H and O–H groups in total. The molecule has 192 valence electrons. The summed E-state index contributed by atoms with van der Waals surface area (Å²) in [5.74, 6) is 0. The Balaban J connectivity index is 1.25. The van der Waals surface area contributed by atoms with E-state index in [0.29, 0.717) is 0 Å². The quantitative estimate of drug-likeness (QED) is 0.216. The molecule has 0 saturated carbocycles. The molecule has 0 aliphatic carbocycles. The van der Waals surface area contributed by atoms with Crippen LogP contribution in [0.25, 0.3) is 71.6 Å². The summed E-state index contributed by atoms with van der Waals surface area (Å²) in [6, 6.07) is 46.9. The Morgan fingerprint density at radius 3 is 1.56 bits per heavy atom. The van der Waals surface area contributed by atoms with Gasteiger partial charge in [-0.2, -0.15) is 4.80 Å². The van der Waals surface area contributed by atoms with Crippen LogP contribution in [0.5, 0.6) is 0 Å². The van der Waals surface area contributed by atoms with Crippen molar-refractivity contribution < 1.29 is 0 Å². The zero-order valence-corrected chi connectivity index (χ0v) is 22.1. The van der Waals surface area contributed by atoms with Crippen molar-refractivity contribution in [1.82, 2.24) is 20.0 Å². The minimum atomic E-state index is 0.851. The van der Waals surface area contributed by atoms with E-state index in [1.807, 2.05) is 18.3 Å². The zero-order chi connectivity index (χ0) is 27.2. The lowest BCUT2D eigenvalue weighted by Gasteiger charge is -2.17. The van der Waals surface area contributed by atoms with Crippen molar-refractivity contribution in [2.24, 2.45) is 0 Å². The topological polar surface area (TPSA) is 43.6 Å². The number of hydrogen-bond donors (Lipinski definition) is 0. The van der Waals surface area contributed by atoms with Gasteiger partial charge in [0.1, 0.15) is 11.0 Å². The van der Waals surface area contributed by atoms with Crippen LogP contribution < -0.4 is 0 Å². The first kappa shape index (κ1) is 23.3. The average molecular weight is 525 g/mol. The standard InChI is InChI=1S/C37H24N4/c1-2-9-25(10-3-1)36-30-12-4-6-14-32(30)37(33-15-7-5-13-31(33)36)26-16-19-29(20-17-26)41-39-34-21-18-27(23-35(34)40-41)28-11-8-22-38-24-28/h1-24H. The summed E-state index contributed by atoms with van der Waals surface area (Å²) in [7, 11) is 0. The van der Waals surface area contributed by atoms with Gasteiger partial charge in [0.15, 0.2) is 0 Å². The molecule has 0 amide bonds. The van der Waals surface area contributed by atoms with Crippen LogP contribution in [-0.4, -0.2) is 20.0 Å². The molecule has 0 unspecified atom stereocenters. The van der Waals surface area contributed by atoms with Crippen molar-refractivity contribution >= 4 is 32.6 Å². The molecule has 0 radical (unpaired) electrons. The number of pyridine rings is 1. The third-order valence-corrected chi connectivity index (χ3v) is 7.76. The first-order valence-corrected chi connectivity index (χ1v) is 13.7. The summed E-state index contributed by atoms with van der Waals surface area (Å²) in [5.41, 5.74) is 9.66. The molecule has 8 aromatic rings. The second-order valence-electron chi connectivity index (χ2n) is 10.2. The number of nitrogens with zero attached hydrogens (tertiary/aromatic N) is 4. The summed E-state index contributed by atoms with van der Waals surface area (Å²) in [6.07, 6.45) is 3.65. The van der Waals surface area contributed by atoms with Crippen molar-refractivity contribution in [3.63, 3.8) is 0 Å². The van der Waals surface area contributed by atoms with Crippen molar-refractivity contribution in [1.29, 1.82) is 0 Å². The van der Waals surface area contributed by atoms with Crippen molar-refractivity contribution in [3.05, 3.63) is 146 Å². The summed E-state index contributed by atoms with van der Waals surface area (Å²) >= 11 is 0. The molecule has 2 heterocycles. The summed E-state index contributed by atoms with van der Waals surface area (Å²) in [5, 5.41) is 14.5. The molecule has 4 heteroatoms. The Kier molecular flexibility index (Phi) is 5.42. The molecule has 4 nitrogen and oxygen atoms in total. The molecule has 2 aromatic heterocycles. The van der Waals surface area contributed by atoms with Gasteiger partial charge in [-0.25, -0.2) is 0 Å². The molecule has 0 fully saturated rings. The van der Waals surface area contributed by atoms with Crippen molar-refractivity contribution in [2.75, 3.05) is 0 Å². The van der Waals surface area contributed by atoms with Crippen LogP contribution in [0.15, 0.2) is 146 Å². The normalized spacial score (nSPS) is 11.4. The summed E-state index contributed by atoms with van der Waals surface area (Å²) < 4.78 is 0. The Bertz CT molecular complexity index is 2120. The van der Waals surface area contributed by atoms with Gasteiger partial charge in [-0.15, -0.1) is 10.2 Å². The molecular weight excluding hydrogens is 500 g/mol. The van der Waals surface area contributed by atoms with E-state index in [1.165, 1.54) is 38.2 Å².